The maximum absolute atomic E-state index is 12.8. The summed E-state index contributed by atoms with van der Waals surface area (Å²) in [5.74, 6) is 1.32. The zero-order chi connectivity index (χ0) is 13.0. The largest absolute Gasteiger partial charge is 0.496 e. The van der Waals surface area contributed by atoms with Crippen molar-refractivity contribution < 1.29 is 9.13 Å². The Bertz CT molecular complexity index is 528. The highest BCUT2D eigenvalue weighted by Crippen LogP contribution is 2.29. The smallest absolute Gasteiger partial charge is 0.124 e. The molecule has 0 bridgehead atoms. The first kappa shape index (κ1) is 12.8. The van der Waals surface area contributed by atoms with Crippen molar-refractivity contribution in [3.05, 3.63) is 53.8 Å². The van der Waals surface area contributed by atoms with Crippen molar-refractivity contribution in [1.29, 1.82) is 0 Å². The van der Waals surface area contributed by atoms with Gasteiger partial charge in [0.05, 0.1) is 7.11 Å². The number of methoxy groups -OCH3 is 1. The highest BCUT2D eigenvalue weighted by Gasteiger charge is 2.04. The van der Waals surface area contributed by atoms with Gasteiger partial charge in [0.1, 0.15) is 11.6 Å². The Labute approximate surface area is 110 Å². The highest BCUT2D eigenvalue weighted by molar-refractivity contribution is 7.98. The number of halogens is 1. The van der Waals surface area contributed by atoms with Gasteiger partial charge in [-0.25, -0.2) is 4.39 Å². The van der Waals surface area contributed by atoms with E-state index in [4.69, 9.17) is 10.5 Å². The lowest BCUT2D eigenvalue weighted by Crippen LogP contribution is -1.93. The topological polar surface area (TPSA) is 35.2 Å². The fraction of sp³-hybridized carbons (Fsp3) is 0.143. The average Bonchev–Trinajstić information content (AvgIpc) is 2.39. The molecule has 0 aliphatic carbocycles. The Morgan fingerprint density at radius 2 is 1.89 bits per heavy atom. The summed E-state index contributed by atoms with van der Waals surface area (Å²) in [7, 11) is 1.63. The molecule has 0 spiro atoms. The van der Waals surface area contributed by atoms with Crippen molar-refractivity contribution in [2.24, 2.45) is 0 Å². The molecule has 0 aliphatic rings. The fourth-order valence-corrected chi connectivity index (χ4v) is 2.46. The number of hydrogen-bond acceptors (Lipinski definition) is 3. The maximum atomic E-state index is 12.8. The van der Waals surface area contributed by atoms with Crippen LogP contribution in [0.4, 0.5) is 10.1 Å². The molecule has 0 saturated carbocycles. The van der Waals surface area contributed by atoms with E-state index in [0.717, 1.165) is 22.0 Å². The number of hydrogen-bond donors (Lipinski definition) is 1. The third-order valence-electron chi connectivity index (χ3n) is 2.52. The number of benzene rings is 2. The Morgan fingerprint density at radius 1 is 1.17 bits per heavy atom. The van der Waals surface area contributed by atoms with E-state index in [0.29, 0.717) is 5.69 Å². The van der Waals surface area contributed by atoms with Crippen LogP contribution in [-0.2, 0) is 5.75 Å². The van der Waals surface area contributed by atoms with Gasteiger partial charge in [0.15, 0.2) is 0 Å². The van der Waals surface area contributed by atoms with Crippen molar-refractivity contribution in [3.63, 3.8) is 0 Å². The lowest BCUT2D eigenvalue weighted by Gasteiger charge is -2.09. The summed E-state index contributed by atoms with van der Waals surface area (Å²) in [4.78, 5) is 1.02. The molecule has 0 atom stereocenters. The quantitative estimate of drug-likeness (QED) is 0.674. The third kappa shape index (κ3) is 3.17. The summed E-state index contributed by atoms with van der Waals surface area (Å²) in [6.07, 6.45) is 0. The molecular formula is C14H14FNOS. The minimum Gasteiger partial charge on any atom is -0.496 e. The number of rotatable bonds is 4. The minimum atomic E-state index is -0.218. The predicted molar refractivity (Wildman–Crippen MR) is 73.4 cm³/mol. The fourth-order valence-electron chi connectivity index (χ4n) is 1.57. The monoisotopic (exact) mass is 263 g/mol. The number of anilines is 1. The van der Waals surface area contributed by atoms with Crippen molar-refractivity contribution in [1.82, 2.24) is 0 Å². The molecule has 0 fully saturated rings. The summed E-state index contributed by atoms with van der Waals surface area (Å²) < 4.78 is 18.1. The molecule has 0 radical (unpaired) electrons. The Balaban J connectivity index is 2.08. The molecule has 2 N–H and O–H groups in total. The first-order valence-electron chi connectivity index (χ1n) is 5.50. The van der Waals surface area contributed by atoms with E-state index in [1.165, 1.54) is 12.1 Å². The van der Waals surface area contributed by atoms with E-state index < -0.39 is 0 Å². The molecule has 2 nitrogen and oxygen atoms in total. The van der Waals surface area contributed by atoms with Gasteiger partial charge in [-0.1, -0.05) is 6.07 Å². The van der Waals surface area contributed by atoms with Gasteiger partial charge in [0.25, 0.3) is 0 Å². The van der Waals surface area contributed by atoms with Crippen LogP contribution in [0.2, 0.25) is 0 Å². The van der Waals surface area contributed by atoms with Gasteiger partial charge < -0.3 is 10.5 Å². The van der Waals surface area contributed by atoms with Crippen LogP contribution in [0.1, 0.15) is 5.56 Å². The van der Waals surface area contributed by atoms with E-state index in [9.17, 15) is 4.39 Å². The Hall–Kier alpha value is -1.68. The first-order valence-corrected chi connectivity index (χ1v) is 6.48. The van der Waals surface area contributed by atoms with E-state index >= 15 is 0 Å². The van der Waals surface area contributed by atoms with Crippen molar-refractivity contribution in [3.8, 4) is 5.75 Å². The van der Waals surface area contributed by atoms with Crippen LogP contribution in [0.25, 0.3) is 0 Å². The Kier molecular flexibility index (Phi) is 4.10. The molecule has 2 rings (SSSR count). The van der Waals surface area contributed by atoms with E-state index in [2.05, 4.69) is 0 Å². The molecule has 0 aliphatic heterocycles. The Morgan fingerprint density at radius 3 is 2.56 bits per heavy atom. The summed E-state index contributed by atoms with van der Waals surface area (Å²) in [6, 6.07) is 12.1. The lowest BCUT2D eigenvalue weighted by molar-refractivity contribution is 0.411. The van der Waals surface area contributed by atoms with Gasteiger partial charge in [0, 0.05) is 28.0 Å². The average molecular weight is 263 g/mol. The second-order valence-electron chi connectivity index (χ2n) is 3.81. The summed E-state index contributed by atoms with van der Waals surface area (Å²) in [5.41, 5.74) is 7.45. The van der Waals surface area contributed by atoms with Crippen LogP contribution in [0.5, 0.6) is 5.75 Å². The number of thioether (sulfide) groups is 1. The van der Waals surface area contributed by atoms with Crippen molar-refractivity contribution >= 4 is 17.4 Å². The number of ether oxygens (including phenoxy) is 1. The molecule has 94 valence electrons. The molecule has 0 unspecified atom stereocenters. The second kappa shape index (κ2) is 5.78. The van der Waals surface area contributed by atoms with E-state index in [1.54, 1.807) is 37.1 Å². The molecule has 0 aromatic heterocycles. The number of nitrogens with two attached hydrogens (primary N) is 1. The van der Waals surface area contributed by atoms with Gasteiger partial charge in [-0.15, -0.1) is 11.8 Å². The number of nitrogen functional groups attached to an aromatic ring is 1. The van der Waals surface area contributed by atoms with Crippen molar-refractivity contribution in [2.45, 2.75) is 10.6 Å². The summed E-state index contributed by atoms with van der Waals surface area (Å²) in [6.45, 7) is 0. The van der Waals surface area contributed by atoms with Crippen LogP contribution < -0.4 is 10.5 Å². The normalized spacial score (nSPS) is 10.3. The van der Waals surface area contributed by atoms with Crippen LogP contribution in [0, 0.1) is 5.82 Å². The minimum absolute atomic E-state index is 0.218. The maximum Gasteiger partial charge on any atom is 0.124 e. The molecule has 0 amide bonds. The first-order chi connectivity index (χ1) is 8.69. The highest BCUT2D eigenvalue weighted by atomic mass is 32.2. The molecule has 2 aromatic carbocycles. The predicted octanol–water partition coefficient (Wildman–Crippen LogP) is 3.71. The van der Waals surface area contributed by atoms with Crippen LogP contribution in [0.3, 0.4) is 0 Å². The van der Waals surface area contributed by atoms with Crippen LogP contribution in [0.15, 0.2) is 47.4 Å². The van der Waals surface area contributed by atoms with Gasteiger partial charge in [0.2, 0.25) is 0 Å². The molecule has 4 heteroatoms. The third-order valence-corrected chi connectivity index (χ3v) is 3.58. The van der Waals surface area contributed by atoms with Gasteiger partial charge in [-0.2, -0.15) is 0 Å². The second-order valence-corrected chi connectivity index (χ2v) is 4.86. The van der Waals surface area contributed by atoms with Gasteiger partial charge in [-0.3, -0.25) is 0 Å². The molecular weight excluding hydrogens is 249 g/mol. The zero-order valence-corrected chi connectivity index (χ0v) is 10.8. The summed E-state index contributed by atoms with van der Waals surface area (Å²) in [5, 5.41) is 0. The van der Waals surface area contributed by atoms with Gasteiger partial charge in [-0.05, 0) is 30.3 Å². The molecule has 0 saturated heterocycles. The molecule has 2 aromatic rings. The zero-order valence-electron chi connectivity index (χ0n) is 10.0. The van der Waals surface area contributed by atoms with Crippen molar-refractivity contribution in [2.75, 3.05) is 12.8 Å². The summed E-state index contributed by atoms with van der Waals surface area (Å²) >= 11 is 1.63. The van der Waals surface area contributed by atoms with Crippen LogP contribution in [-0.4, -0.2) is 7.11 Å². The van der Waals surface area contributed by atoms with E-state index in [1.807, 2.05) is 12.1 Å². The van der Waals surface area contributed by atoms with Crippen LogP contribution >= 0.6 is 11.8 Å². The lowest BCUT2D eigenvalue weighted by atomic mass is 10.2. The SMILES string of the molecule is COc1cc(N)ccc1CSc1ccc(F)cc1. The molecule has 18 heavy (non-hydrogen) atoms. The van der Waals surface area contributed by atoms with E-state index in [-0.39, 0.29) is 5.82 Å². The standard InChI is InChI=1S/C14H14FNOS/c1-17-14-8-12(16)5-2-10(14)9-18-13-6-3-11(15)4-7-13/h2-8H,9,16H2,1H3. The van der Waals surface area contributed by atoms with Gasteiger partial charge >= 0.3 is 0 Å². The molecule has 0 heterocycles.